The summed E-state index contributed by atoms with van der Waals surface area (Å²) in [6.45, 7) is 10.5. The number of hydrogen-bond donors (Lipinski definition) is 1. The number of hydrogen-bond acceptors (Lipinski definition) is 5. The molecule has 0 aliphatic carbocycles. The number of urea groups is 1. The number of nitrogens with one attached hydrogen (secondary N) is 1. The minimum atomic E-state index is -0.638. The van der Waals surface area contributed by atoms with E-state index in [2.05, 4.69) is 16.8 Å². The molecule has 0 radical (unpaired) electrons. The van der Waals surface area contributed by atoms with Gasteiger partial charge in [-0.25, -0.2) is 9.59 Å². The highest BCUT2D eigenvalue weighted by atomic mass is 35.5. The van der Waals surface area contributed by atoms with Gasteiger partial charge in [-0.1, -0.05) is 59.6 Å². The molecule has 1 unspecified atom stereocenters. The van der Waals surface area contributed by atoms with Crippen molar-refractivity contribution in [1.29, 1.82) is 0 Å². The molecular weight excluding hydrogens is 504 g/mol. The molecule has 2 heterocycles. The Hall–Kier alpha value is -3.62. The van der Waals surface area contributed by atoms with Crippen molar-refractivity contribution in [2.45, 2.75) is 19.9 Å². The van der Waals surface area contributed by atoms with E-state index < -0.39 is 12.0 Å². The van der Waals surface area contributed by atoms with E-state index in [0.717, 1.165) is 11.1 Å². The second-order valence-corrected chi connectivity index (χ2v) is 9.73. The lowest BCUT2D eigenvalue weighted by Gasteiger charge is -2.40. The van der Waals surface area contributed by atoms with E-state index in [1.165, 1.54) is 0 Å². The second kappa shape index (κ2) is 12.3. The van der Waals surface area contributed by atoms with Gasteiger partial charge in [-0.3, -0.25) is 14.6 Å². The lowest BCUT2D eigenvalue weighted by molar-refractivity contribution is -0.139. The molecule has 38 heavy (non-hydrogen) atoms. The first-order chi connectivity index (χ1) is 18.3. The Balaban J connectivity index is 1.62. The molecule has 3 amide bonds. The van der Waals surface area contributed by atoms with Crippen LogP contribution in [-0.4, -0.2) is 78.5 Å². The minimum Gasteiger partial charge on any atom is -0.463 e. The van der Waals surface area contributed by atoms with Crippen LogP contribution in [0.5, 0.6) is 0 Å². The Morgan fingerprint density at radius 2 is 1.87 bits per heavy atom. The number of carbonyl (C=O) groups is 3. The number of rotatable bonds is 8. The van der Waals surface area contributed by atoms with Crippen LogP contribution in [0.4, 0.5) is 4.79 Å². The highest BCUT2D eigenvalue weighted by Crippen LogP contribution is 2.32. The van der Waals surface area contributed by atoms with Gasteiger partial charge in [0, 0.05) is 45.0 Å². The van der Waals surface area contributed by atoms with E-state index in [9.17, 15) is 14.4 Å². The molecule has 1 saturated heterocycles. The number of nitrogens with zero attached hydrogens (tertiary/aromatic N) is 3. The summed E-state index contributed by atoms with van der Waals surface area (Å²) < 4.78 is 5.47. The Kier molecular flexibility index (Phi) is 8.86. The lowest BCUT2D eigenvalue weighted by Crippen LogP contribution is -2.53. The number of esters is 1. The monoisotopic (exact) mass is 536 g/mol. The molecule has 0 aromatic heterocycles. The molecule has 9 heteroatoms. The number of piperazine rings is 1. The van der Waals surface area contributed by atoms with Crippen LogP contribution >= 0.6 is 11.6 Å². The predicted molar refractivity (Wildman–Crippen MR) is 147 cm³/mol. The Labute approximate surface area is 228 Å². The maximum absolute atomic E-state index is 13.3. The third-order valence-electron chi connectivity index (χ3n) is 6.76. The fourth-order valence-corrected chi connectivity index (χ4v) is 5.09. The van der Waals surface area contributed by atoms with Crippen molar-refractivity contribution in [3.8, 4) is 0 Å². The smallest absolute Gasteiger partial charge is 0.338 e. The third kappa shape index (κ3) is 5.92. The van der Waals surface area contributed by atoms with Gasteiger partial charge in [-0.15, -0.1) is 6.58 Å². The van der Waals surface area contributed by atoms with E-state index >= 15 is 0 Å². The van der Waals surface area contributed by atoms with E-state index in [-0.39, 0.29) is 25.1 Å². The largest absolute Gasteiger partial charge is 0.463 e. The number of aryl methyl sites for hydroxylation is 1. The summed E-state index contributed by atoms with van der Waals surface area (Å²) in [5, 5.41) is 3.42. The Morgan fingerprint density at radius 3 is 2.53 bits per heavy atom. The zero-order chi connectivity index (χ0) is 27.2. The van der Waals surface area contributed by atoms with Crippen LogP contribution in [0, 0.1) is 6.92 Å². The molecule has 2 aromatic rings. The zero-order valence-electron chi connectivity index (χ0n) is 21.8. The van der Waals surface area contributed by atoms with Gasteiger partial charge in [0.2, 0.25) is 0 Å². The van der Waals surface area contributed by atoms with Crippen LogP contribution in [0.1, 0.15) is 34.5 Å². The Morgan fingerprint density at radius 1 is 1.13 bits per heavy atom. The minimum absolute atomic E-state index is 0.105. The molecule has 2 aliphatic rings. The third-order valence-corrected chi connectivity index (χ3v) is 7.09. The van der Waals surface area contributed by atoms with Crippen molar-refractivity contribution < 1.29 is 19.1 Å². The molecular formula is C29H33ClN4O4. The van der Waals surface area contributed by atoms with Crippen molar-refractivity contribution in [2.75, 3.05) is 45.9 Å². The highest BCUT2D eigenvalue weighted by molar-refractivity contribution is 6.33. The molecule has 0 spiro atoms. The molecule has 2 aromatic carbocycles. The van der Waals surface area contributed by atoms with Crippen LogP contribution in [0.2, 0.25) is 5.02 Å². The normalized spacial score (nSPS) is 18.3. The van der Waals surface area contributed by atoms with Crippen molar-refractivity contribution in [2.24, 2.45) is 0 Å². The molecule has 1 atom stereocenters. The maximum Gasteiger partial charge on any atom is 0.338 e. The van der Waals surface area contributed by atoms with E-state index in [1.54, 1.807) is 47.1 Å². The van der Waals surface area contributed by atoms with Gasteiger partial charge in [0.25, 0.3) is 5.91 Å². The molecule has 0 bridgehead atoms. The van der Waals surface area contributed by atoms with Gasteiger partial charge >= 0.3 is 12.0 Å². The SMILES string of the molecule is C=CCN1C(=O)NC(c2cccc(C)c2)C(C(=O)OCC)=C1CN1CCN(C(=O)c2ccccc2Cl)CC1. The van der Waals surface area contributed by atoms with Gasteiger partial charge in [0.1, 0.15) is 0 Å². The van der Waals surface area contributed by atoms with Crippen molar-refractivity contribution in [3.63, 3.8) is 0 Å². The molecule has 0 saturated carbocycles. The van der Waals surface area contributed by atoms with Crippen LogP contribution in [0.15, 0.2) is 72.5 Å². The number of benzene rings is 2. The molecule has 1 N–H and O–H groups in total. The molecule has 8 nitrogen and oxygen atoms in total. The van der Waals surface area contributed by atoms with E-state index in [1.807, 2.05) is 31.2 Å². The van der Waals surface area contributed by atoms with E-state index in [4.69, 9.17) is 16.3 Å². The first-order valence-corrected chi connectivity index (χ1v) is 13.1. The predicted octanol–water partition coefficient (Wildman–Crippen LogP) is 4.18. The van der Waals surface area contributed by atoms with Crippen molar-refractivity contribution >= 4 is 29.5 Å². The van der Waals surface area contributed by atoms with Gasteiger partial charge < -0.3 is 15.0 Å². The molecule has 2 aliphatic heterocycles. The average molecular weight is 537 g/mol. The summed E-state index contributed by atoms with van der Waals surface area (Å²) in [7, 11) is 0. The average Bonchev–Trinajstić information content (AvgIpc) is 2.91. The Bertz CT molecular complexity index is 1250. The first kappa shape index (κ1) is 27.4. The maximum atomic E-state index is 13.3. The topological polar surface area (TPSA) is 82.2 Å². The summed E-state index contributed by atoms with van der Waals surface area (Å²) in [6.07, 6.45) is 1.63. The molecule has 4 rings (SSSR count). The zero-order valence-corrected chi connectivity index (χ0v) is 22.5. The lowest BCUT2D eigenvalue weighted by atomic mass is 9.93. The van der Waals surface area contributed by atoms with Crippen LogP contribution < -0.4 is 5.32 Å². The summed E-state index contributed by atoms with van der Waals surface area (Å²) in [5.74, 6) is -0.567. The van der Waals surface area contributed by atoms with Gasteiger partial charge in [0.15, 0.2) is 0 Å². The standard InChI is InChI=1S/C29H33ClN4O4/c1-4-13-34-24(19-32-14-16-33(17-15-32)27(35)22-11-6-7-12-23(22)30)25(28(36)38-5-2)26(31-29(34)37)21-10-8-9-20(3)18-21/h4,6-12,18,26H,1,5,13-17,19H2,2-3H3,(H,31,37). The number of carbonyl (C=O) groups excluding carboxylic acids is 3. The summed E-state index contributed by atoms with van der Waals surface area (Å²) in [5.41, 5.74) is 3.32. The van der Waals surface area contributed by atoms with Crippen LogP contribution in [0.25, 0.3) is 0 Å². The highest BCUT2D eigenvalue weighted by Gasteiger charge is 2.39. The molecule has 1 fully saturated rings. The van der Waals surface area contributed by atoms with Crippen LogP contribution in [-0.2, 0) is 9.53 Å². The first-order valence-electron chi connectivity index (χ1n) is 12.8. The second-order valence-electron chi connectivity index (χ2n) is 9.32. The number of halogens is 1. The quantitative estimate of drug-likeness (QED) is 0.404. The summed E-state index contributed by atoms with van der Waals surface area (Å²) in [4.78, 5) is 45.1. The number of ether oxygens (including phenoxy) is 1. The summed E-state index contributed by atoms with van der Waals surface area (Å²) >= 11 is 6.24. The van der Waals surface area contributed by atoms with Crippen molar-refractivity contribution in [1.82, 2.24) is 20.0 Å². The van der Waals surface area contributed by atoms with Crippen LogP contribution in [0.3, 0.4) is 0 Å². The summed E-state index contributed by atoms with van der Waals surface area (Å²) in [6, 6.07) is 13.8. The van der Waals surface area contributed by atoms with Gasteiger partial charge in [-0.2, -0.15) is 0 Å². The van der Waals surface area contributed by atoms with Gasteiger partial charge in [-0.05, 0) is 31.5 Å². The van der Waals surface area contributed by atoms with Gasteiger partial charge in [0.05, 0.1) is 28.8 Å². The number of amides is 3. The fourth-order valence-electron chi connectivity index (χ4n) is 4.87. The van der Waals surface area contributed by atoms with E-state index in [0.29, 0.717) is 54.6 Å². The molecule has 200 valence electrons. The van der Waals surface area contributed by atoms with Crippen molar-refractivity contribution in [3.05, 3.63) is 94.2 Å². The fraction of sp³-hybridized carbons (Fsp3) is 0.345.